The minimum atomic E-state index is 0.624. The monoisotopic (exact) mass is 288 g/mol. The molecule has 0 bridgehead atoms. The predicted octanol–water partition coefficient (Wildman–Crippen LogP) is 1.98. The highest BCUT2D eigenvalue weighted by Crippen LogP contribution is 2.24. The van der Waals surface area contributed by atoms with E-state index in [0.717, 1.165) is 44.0 Å². The molecule has 18 heavy (non-hydrogen) atoms. The first-order chi connectivity index (χ1) is 8.72. The van der Waals surface area contributed by atoms with E-state index < -0.39 is 0 Å². The number of aromatic nitrogens is 3. The SMILES string of the molecule is C=C(Cl)CSc1nnc(N2CCOCC2)n1CC. The molecule has 0 radical (unpaired) electrons. The summed E-state index contributed by atoms with van der Waals surface area (Å²) in [6.45, 7) is 9.84. The van der Waals surface area contributed by atoms with Gasteiger partial charge in [-0.25, -0.2) is 0 Å². The molecule has 5 nitrogen and oxygen atoms in total. The largest absolute Gasteiger partial charge is 0.378 e. The lowest BCUT2D eigenvalue weighted by molar-refractivity contribution is 0.121. The number of thioether (sulfide) groups is 1. The van der Waals surface area contributed by atoms with Crippen LogP contribution in [0.2, 0.25) is 0 Å². The van der Waals surface area contributed by atoms with Crippen molar-refractivity contribution < 1.29 is 4.74 Å². The number of anilines is 1. The van der Waals surface area contributed by atoms with Gasteiger partial charge in [0.25, 0.3) is 0 Å². The van der Waals surface area contributed by atoms with Gasteiger partial charge in [0, 0.05) is 30.4 Å². The van der Waals surface area contributed by atoms with Crippen LogP contribution in [0, 0.1) is 0 Å². The standard InChI is InChI=1S/C11H17ClN4OS/c1-3-16-10(15-4-6-17-7-5-15)13-14-11(16)18-8-9(2)12/h2-8H2,1H3. The molecule has 1 aromatic heterocycles. The van der Waals surface area contributed by atoms with Crippen molar-refractivity contribution in [3.63, 3.8) is 0 Å². The Bertz CT molecular complexity index is 417. The van der Waals surface area contributed by atoms with Gasteiger partial charge in [0.05, 0.1) is 13.2 Å². The van der Waals surface area contributed by atoms with Gasteiger partial charge in [0.15, 0.2) is 5.16 Å². The van der Waals surface area contributed by atoms with Crippen LogP contribution in [0.3, 0.4) is 0 Å². The lowest BCUT2D eigenvalue weighted by Gasteiger charge is -2.27. The van der Waals surface area contributed by atoms with Crippen LogP contribution < -0.4 is 4.90 Å². The van der Waals surface area contributed by atoms with Crippen molar-refractivity contribution in [1.82, 2.24) is 14.8 Å². The molecule has 1 aliphatic heterocycles. The molecule has 7 heteroatoms. The Balaban J connectivity index is 2.12. The van der Waals surface area contributed by atoms with Crippen LogP contribution in [0.4, 0.5) is 5.95 Å². The minimum absolute atomic E-state index is 0.624. The van der Waals surface area contributed by atoms with Crippen molar-refractivity contribution in [2.24, 2.45) is 0 Å². The van der Waals surface area contributed by atoms with Crippen LogP contribution in [0.25, 0.3) is 0 Å². The van der Waals surface area contributed by atoms with E-state index in [1.165, 1.54) is 0 Å². The number of halogens is 1. The summed E-state index contributed by atoms with van der Waals surface area (Å²) < 4.78 is 7.45. The Morgan fingerprint density at radius 3 is 2.78 bits per heavy atom. The molecule has 100 valence electrons. The maximum atomic E-state index is 5.78. The third kappa shape index (κ3) is 3.18. The molecule has 0 atom stereocenters. The van der Waals surface area contributed by atoms with Crippen molar-refractivity contribution in [2.45, 2.75) is 18.6 Å². The van der Waals surface area contributed by atoms with Crippen molar-refractivity contribution >= 4 is 29.3 Å². The smallest absolute Gasteiger partial charge is 0.228 e. The van der Waals surface area contributed by atoms with Crippen LogP contribution in [-0.4, -0.2) is 46.8 Å². The van der Waals surface area contributed by atoms with E-state index in [-0.39, 0.29) is 0 Å². The normalized spacial score (nSPS) is 16.0. The van der Waals surface area contributed by atoms with E-state index in [2.05, 4.69) is 33.2 Å². The van der Waals surface area contributed by atoms with Gasteiger partial charge in [0.1, 0.15) is 0 Å². The number of rotatable bonds is 5. The lowest BCUT2D eigenvalue weighted by atomic mass is 10.4. The van der Waals surface area contributed by atoms with E-state index in [0.29, 0.717) is 10.8 Å². The number of ether oxygens (including phenoxy) is 1. The molecule has 0 saturated carbocycles. The molecule has 1 fully saturated rings. The van der Waals surface area contributed by atoms with E-state index in [9.17, 15) is 0 Å². The molecule has 0 spiro atoms. The van der Waals surface area contributed by atoms with Crippen molar-refractivity contribution in [3.8, 4) is 0 Å². The zero-order valence-corrected chi connectivity index (χ0v) is 12.0. The molecular formula is C11H17ClN4OS. The first-order valence-electron chi connectivity index (χ1n) is 5.94. The molecule has 0 aliphatic carbocycles. The van der Waals surface area contributed by atoms with E-state index in [4.69, 9.17) is 16.3 Å². The lowest BCUT2D eigenvalue weighted by Crippen LogP contribution is -2.38. The van der Waals surface area contributed by atoms with Crippen molar-refractivity contribution in [3.05, 3.63) is 11.6 Å². The van der Waals surface area contributed by atoms with Gasteiger partial charge in [-0.3, -0.25) is 4.57 Å². The number of hydrogen-bond donors (Lipinski definition) is 0. The summed E-state index contributed by atoms with van der Waals surface area (Å²) in [6, 6.07) is 0. The summed E-state index contributed by atoms with van der Waals surface area (Å²) in [6.07, 6.45) is 0. The summed E-state index contributed by atoms with van der Waals surface area (Å²) in [5, 5.41) is 10.0. The average Bonchev–Trinajstić information content (AvgIpc) is 2.80. The van der Waals surface area contributed by atoms with Gasteiger partial charge < -0.3 is 9.64 Å². The first-order valence-corrected chi connectivity index (χ1v) is 7.30. The summed E-state index contributed by atoms with van der Waals surface area (Å²) in [4.78, 5) is 2.21. The van der Waals surface area contributed by atoms with Gasteiger partial charge in [-0.15, -0.1) is 10.2 Å². The summed E-state index contributed by atoms with van der Waals surface area (Å²) in [7, 11) is 0. The third-order valence-electron chi connectivity index (χ3n) is 2.67. The van der Waals surface area contributed by atoms with Crippen LogP contribution >= 0.6 is 23.4 Å². The quantitative estimate of drug-likeness (QED) is 0.775. The van der Waals surface area contributed by atoms with Gasteiger partial charge in [-0.1, -0.05) is 29.9 Å². The van der Waals surface area contributed by atoms with Crippen LogP contribution in [-0.2, 0) is 11.3 Å². The Hall–Kier alpha value is -0.720. The summed E-state index contributed by atoms with van der Waals surface area (Å²) >= 11 is 7.34. The molecule has 2 heterocycles. The second-order valence-electron chi connectivity index (χ2n) is 3.93. The van der Waals surface area contributed by atoms with E-state index in [1.807, 2.05) is 0 Å². The minimum Gasteiger partial charge on any atom is -0.378 e. The Morgan fingerprint density at radius 1 is 1.44 bits per heavy atom. The Labute approximate surface area is 116 Å². The fourth-order valence-electron chi connectivity index (χ4n) is 1.80. The Kier molecular flexibility index (Phi) is 4.91. The molecule has 0 N–H and O–H groups in total. The predicted molar refractivity (Wildman–Crippen MR) is 74.4 cm³/mol. The molecule has 1 aromatic rings. The maximum Gasteiger partial charge on any atom is 0.228 e. The fourth-order valence-corrected chi connectivity index (χ4v) is 2.72. The maximum absolute atomic E-state index is 5.78. The molecule has 0 unspecified atom stereocenters. The molecular weight excluding hydrogens is 272 g/mol. The van der Waals surface area contributed by atoms with Crippen molar-refractivity contribution in [2.75, 3.05) is 37.0 Å². The molecule has 1 saturated heterocycles. The second-order valence-corrected chi connectivity index (χ2v) is 5.41. The van der Waals surface area contributed by atoms with E-state index in [1.54, 1.807) is 11.8 Å². The zero-order valence-electron chi connectivity index (χ0n) is 10.4. The second kappa shape index (κ2) is 6.45. The number of nitrogens with zero attached hydrogens (tertiary/aromatic N) is 4. The van der Waals surface area contributed by atoms with Gasteiger partial charge in [0.2, 0.25) is 5.95 Å². The highest BCUT2D eigenvalue weighted by molar-refractivity contribution is 7.99. The van der Waals surface area contributed by atoms with Crippen LogP contribution in [0.5, 0.6) is 0 Å². The van der Waals surface area contributed by atoms with Crippen LogP contribution in [0.15, 0.2) is 16.8 Å². The molecule has 0 amide bonds. The molecule has 1 aliphatic rings. The highest BCUT2D eigenvalue weighted by Gasteiger charge is 2.19. The summed E-state index contributed by atoms with van der Waals surface area (Å²) in [5.41, 5.74) is 0. The number of hydrogen-bond acceptors (Lipinski definition) is 5. The average molecular weight is 289 g/mol. The van der Waals surface area contributed by atoms with Gasteiger partial charge >= 0.3 is 0 Å². The van der Waals surface area contributed by atoms with E-state index >= 15 is 0 Å². The molecule has 2 rings (SSSR count). The zero-order chi connectivity index (χ0) is 13.0. The topological polar surface area (TPSA) is 43.2 Å². The Morgan fingerprint density at radius 2 is 2.17 bits per heavy atom. The van der Waals surface area contributed by atoms with Crippen molar-refractivity contribution in [1.29, 1.82) is 0 Å². The highest BCUT2D eigenvalue weighted by atomic mass is 35.5. The van der Waals surface area contributed by atoms with Gasteiger partial charge in [-0.05, 0) is 6.92 Å². The van der Waals surface area contributed by atoms with Crippen LogP contribution in [0.1, 0.15) is 6.92 Å². The van der Waals surface area contributed by atoms with Gasteiger partial charge in [-0.2, -0.15) is 0 Å². The summed E-state index contributed by atoms with van der Waals surface area (Å²) in [5.74, 6) is 1.58. The fraction of sp³-hybridized carbons (Fsp3) is 0.636. The first kappa shape index (κ1) is 13.7. The number of morpholine rings is 1. The molecule has 0 aromatic carbocycles. The third-order valence-corrected chi connectivity index (χ3v) is 4.01.